The minimum atomic E-state index is -0.558. The molecule has 2 N–H and O–H groups in total. The van der Waals surface area contributed by atoms with E-state index in [0.29, 0.717) is 26.8 Å². The van der Waals surface area contributed by atoms with Gasteiger partial charge in [0, 0.05) is 12.4 Å². The highest BCUT2D eigenvalue weighted by atomic mass is 35.5. The Balaban J connectivity index is 1.87. The molecule has 0 saturated heterocycles. The number of rotatable bonds is 2. The summed E-state index contributed by atoms with van der Waals surface area (Å²) in [6.45, 7) is 1.87. The molecule has 9 heteroatoms. The molecule has 4 rings (SSSR count). The van der Waals surface area contributed by atoms with Gasteiger partial charge in [0.1, 0.15) is 11.0 Å². The predicted octanol–water partition coefficient (Wildman–Crippen LogP) is 1.68. The van der Waals surface area contributed by atoms with Crippen LogP contribution in [0.25, 0.3) is 16.7 Å². The SMILES string of the molecule is Cc1cnc2[nH]c(O)c(N=NC3=c4ncc(Cl)cc4=NC3=O)c2c1. The van der Waals surface area contributed by atoms with Gasteiger partial charge in [-0.1, -0.05) is 11.6 Å². The molecule has 0 aliphatic carbocycles. The van der Waals surface area contributed by atoms with Crippen molar-refractivity contribution in [3.05, 3.63) is 45.8 Å². The zero-order valence-electron chi connectivity index (χ0n) is 12.3. The largest absolute Gasteiger partial charge is 0.493 e. The summed E-state index contributed by atoms with van der Waals surface area (Å²) in [6.07, 6.45) is 3.07. The number of aromatic nitrogens is 3. The number of nitrogens with zero attached hydrogens (tertiary/aromatic N) is 5. The van der Waals surface area contributed by atoms with Crippen molar-refractivity contribution in [2.75, 3.05) is 0 Å². The maximum atomic E-state index is 12.0. The van der Waals surface area contributed by atoms with E-state index < -0.39 is 5.91 Å². The van der Waals surface area contributed by atoms with E-state index in [1.807, 2.05) is 13.0 Å². The Kier molecular flexibility index (Phi) is 3.14. The Morgan fingerprint density at radius 3 is 2.88 bits per heavy atom. The molecule has 0 fully saturated rings. The topological polar surface area (TPSA) is 116 Å². The second-order valence-electron chi connectivity index (χ2n) is 5.22. The number of hydrogen-bond donors (Lipinski definition) is 2. The fourth-order valence-electron chi connectivity index (χ4n) is 2.40. The lowest BCUT2D eigenvalue weighted by Crippen LogP contribution is -2.26. The van der Waals surface area contributed by atoms with E-state index >= 15 is 0 Å². The van der Waals surface area contributed by atoms with E-state index in [1.165, 1.54) is 12.3 Å². The highest BCUT2D eigenvalue weighted by Crippen LogP contribution is 2.35. The van der Waals surface area contributed by atoms with Gasteiger partial charge in [0.15, 0.2) is 11.4 Å². The van der Waals surface area contributed by atoms with Crippen LogP contribution in [0.3, 0.4) is 0 Å². The van der Waals surface area contributed by atoms with Crippen LogP contribution in [0.15, 0.2) is 39.7 Å². The van der Waals surface area contributed by atoms with Gasteiger partial charge in [0.05, 0.1) is 15.8 Å². The van der Waals surface area contributed by atoms with Gasteiger partial charge in [-0.05, 0) is 24.6 Å². The number of pyridine rings is 2. The van der Waals surface area contributed by atoms with Gasteiger partial charge in [-0.2, -0.15) is 0 Å². The molecule has 0 unspecified atom stereocenters. The number of aryl methyl sites for hydroxylation is 1. The van der Waals surface area contributed by atoms with Gasteiger partial charge in [-0.15, -0.1) is 10.2 Å². The molecule has 0 spiro atoms. The number of azo groups is 1. The van der Waals surface area contributed by atoms with Crippen LogP contribution in [0.2, 0.25) is 5.02 Å². The number of aromatic amines is 1. The Labute approximate surface area is 139 Å². The molecule has 1 aliphatic heterocycles. The molecule has 0 aromatic carbocycles. The highest BCUT2D eigenvalue weighted by molar-refractivity contribution is 6.30. The molecule has 3 aromatic rings. The van der Waals surface area contributed by atoms with Gasteiger partial charge >= 0.3 is 0 Å². The number of nitrogens with one attached hydrogen (secondary N) is 1. The summed E-state index contributed by atoms with van der Waals surface area (Å²) in [4.78, 5) is 26.8. The maximum absolute atomic E-state index is 12.0. The number of aromatic hydroxyl groups is 1. The molecule has 0 bridgehead atoms. The average Bonchev–Trinajstić information content (AvgIpc) is 3.00. The smallest absolute Gasteiger partial charge is 0.300 e. The number of H-pyrrole nitrogens is 1. The Hall–Kier alpha value is -3.13. The highest BCUT2D eigenvalue weighted by Gasteiger charge is 2.19. The zero-order valence-corrected chi connectivity index (χ0v) is 13.0. The van der Waals surface area contributed by atoms with Crippen LogP contribution in [-0.4, -0.2) is 26.0 Å². The van der Waals surface area contributed by atoms with Crippen molar-refractivity contribution in [1.29, 1.82) is 0 Å². The monoisotopic (exact) mass is 340 g/mol. The van der Waals surface area contributed by atoms with Crippen LogP contribution in [0.4, 0.5) is 5.69 Å². The van der Waals surface area contributed by atoms with Crippen LogP contribution in [-0.2, 0) is 4.79 Å². The Morgan fingerprint density at radius 1 is 1.21 bits per heavy atom. The summed E-state index contributed by atoms with van der Waals surface area (Å²) in [5.41, 5.74) is 1.57. The lowest BCUT2D eigenvalue weighted by atomic mass is 10.2. The van der Waals surface area contributed by atoms with E-state index in [-0.39, 0.29) is 17.3 Å². The summed E-state index contributed by atoms with van der Waals surface area (Å²) in [5.74, 6) is -0.740. The molecule has 0 atom stereocenters. The van der Waals surface area contributed by atoms with Crippen LogP contribution < -0.4 is 10.7 Å². The molecule has 3 aromatic heterocycles. The van der Waals surface area contributed by atoms with Crippen molar-refractivity contribution in [2.24, 2.45) is 15.2 Å². The first kappa shape index (κ1) is 14.5. The van der Waals surface area contributed by atoms with Gasteiger partial charge in [-0.3, -0.25) is 9.78 Å². The molecule has 0 saturated carbocycles. The zero-order chi connectivity index (χ0) is 16.8. The number of carbonyl (C=O) groups excluding carboxylic acids is 1. The summed E-state index contributed by atoms with van der Waals surface area (Å²) in [6, 6.07) is 3.34. The Bertz CT molecular complexity index is 1160. The van der Waals surface area contributed by atoms with Crippen molar-refractivity contribution in [1.82, 2.24) is 15.0 Å². The predicted molar refractivity (Wildman–Crippen MR) is 85.5 cm³/mol. The third-order valence-corrected chi connectivity index (χ3v) is 3.68. The van der Waals surface area contributed by atoms with E-state index in [4.69, 9.17) is 11.6 Å². The molecule has 24 heavy (non-hydrogen) atoms. The second kappa shape index (κ2) is 5.20. The minimum absolute atomic E-state index is 0.00368. The first-order chi connectivity index (χ1) is 11.5. The molecule has 1 amide bonds. The van der Waals surface area contributed by atoms with Crippen LogP contribution >= 0.6 is 11.6 Å². The first-order valence-electron chi connectivity index (χ1n) is 6.91. The third-order valence-electron chi connectivity index (χ3n) is 3.47. The lowest BCUT2D eigenvalue weighted by molar-refractivity contribution is -0.112. The fraction of sp³-hybridized carbons (Fsp3) is 0.0667. The van der Waals surface area contributed by atoms with Gasteiger partial charge < -0.3 is 10.1 Å². The first-order valence-corrected chi connectivity index (χ1v) is 7.28. The number of amides is 1. The molecular formula is C15H9ClN6O2. The second-order valence-corrected chi connectivity index (χ2v) is 5.65. The summed E-state index contributed by atoms with van der Waals surface area (Å²) in [5, 5.41) is 19.6. The number of hydrogen-bond acceptors (Lipinski definition) is 6. The molecule has 0 radical (unpaired) electrons. The Morgan fingerprint density at radius 2 is 2.04 bits per heavy atom. The summed E-state index contributed by atoms with van der Waals surface area (Å²) < 4.78 is 0. The molecular weight excluding hydrogens is 332 g/mol. The van der Waals surface area contributed by atoms with Crippen molar-refractivity contribution in [3.8, 4) is 5.88 Å². The van der Waals surface area contributed by atoms with Crippen LogP contribution in [0.1, 0.15) is 5.56 Å². The van der Waals surface area contributed by atoms with Crippen molar-refractivity contribution >= 4 is 39.9 Å². The van der Waals surface area contributed by atoms with Crippen LogP contribution in [0.5, 0.6) is 5.88 Å². The summed E-state index contributed by atoms with van der Waals surface area (Å²) >= 11 is 5.84. The molecule has 1 aliphatic rings. The van der Waals surface area contributed by atoms with E-state index in [9.17, 15) is 9.90 Å². The number of carbonyl (C=O) groups is 1. The summed E-state index contributed by atoms with van der Waals surface area (Å²) in [7, 11) is 0. The van der Waals surface area contributed by atoms with Gasteiger partial charge in [0.25, 0.3) is 5.91 Å². The standard InChI is InChI=1S/C15H9ClN6O2/c1-6-2-8-10(14(23)20-13(8)18-4-6)21-22-12-11-9(19-15(12)24)3-7(16)5-17-11/h2-5,23H,1H3,(H,18,20). The number of halogens is 1. The number of fused-ring (bicyclic) bond motifs is 2. The minimum Gasteiger partial charge on any atom is -0.493 e. The van der Waals surface area contributed by atoms with Gasteiger partial charge in [0.2, 0.25) is 5.88 Å². The van der Waals surface area contributed by atoms with Crippen molar-refractivity contribution in [3.63, 3.8) is 0 Å². The van der Waals surface area contributed by atoms with E-state index in [0.717, 1.165) is 5.56 Å². The average molecular weight is 341 g/mol. The molecule has 8 nitrogen and oxygen atoms in total. The van der Waals surface area contributed by atoms with E-state index in [2.05, 4.69) is 30.2 Å². The van der Waals surface area contributed by atoms with Crippen molar-refractivity contribution in [2.45, 2.75) is 6.92 Å². The molecule has 4 heterocycles. The van der Waals surface area contributed by atoms with Crippen LogP contribution in [0, 0.1) is 6.92 Å². The quantitative estimate of drug-likeness (QED) is 0.690. The molecule has 118 valence electrons. The lowest BCUT2D eigenvalue weighted by Gasteiger charge is -1.93. The maximum Gasteiger partial charge on any atom is 0.300 e. The normalized spacial score (nSPS) is 13.8. The van der Waals surface area contributed by atoms with Gasteiger partial charge in [-0.25, -0.2) is 9.98 Å². The fourth-order valence-corrected chi connectivity index (χ4v) is 2.55. The van der Waals surface area contributed by atoms with E-state index in [1.54, 1.807) is 6.20 Å². The van der Waals surface area contributed by atoms with Crippen molar-refractivity contribution < 1.29 is 9.90 Å². The third kappa shape index (κ3) is 2.24.